The number of carbonyl (C=O) groups is 1. The summed E-state index contributed by atoms with van der Waals surface area (Å²) in [6.45, 7) is 8.16. The molecule has 4 nitrogen and oxygen atoms in total. The maximum absolute atomic E-state index is 12.2. The Labute approximate surface area is 115 Å². The standard InChI is InChI=1S/C15H24N2O2/c1-4-9-17(12-15(2,3)11-16)14(18)8-7-13-6-5-10-19-13/h5-8,10H,4,9,11-12,16H2,1-3H3. The van der Waals surface area contributed by atoms with Gasteiger partial charge in [-0.3, -0.25) is 4.79 Å². The molecule has 0 aliphatic carbocycles. The molecule has 1 aromatic rings. The number of hydrogen-bond acceptors (Lipinski definition) is 3. The average molecular weight is 264 g/mol. The van der Waals surface area contributed by atoms with Crippen LogP contribution in [0.15, 0.2) is 28.9 Å². The number of furan rings is 1. The molecule has 1 rings (SSSR count). The van der Waals surface area contributed by atoms with Gasteiger partial charge in [-0.25, -0.2) is 0 Å². The highest BCUT2D eigenvalue weighted by molar-refractivity contribution is 5.91. The van der Waals surface area contributed by atoms with Gasteiger partial charge in [0, 0.05) is 19.2 Å². The quantitative estimate of drug-likeness (QED) is 0.770. The van der Waals surface area contributed by atoms with Crippen LogP contribution < -0.4 is 5.73 Å². The molecule has 0 radical (unpaired) electrons. The van der Waals surface area contributed by atoms with Gasteiger partial charge in [-0.15, -0.1) is 0 Å². The predicted octanol–water partition coefficient (Wildman–Crippen LogP) is 2.52. The zero-order valence-corrected chi connectivity index (χ0v) is 12.1. The first-order valence-electron chi connectivity index (χ1n) is 6.69. The lowest BCUT2D eigenvalue weighted by atomic mass is 9.93. The Morgan fingerprint density at radius 3 is 2.79 bits per heavy atom. The first kappa shape index (κ1) is 15.5. The van der Waals surface area contributed by atoms with Gasteiger partial charge < -0.3 is 15.1 Å². The van der Waals surface area contributed by atoms with E-state index in [4.69, 9.17) is 10.2 Å². The Morgan fingerprint density at radius 1 is 1.53 bits per heavy atom. The third-order valence-electron chi connectivity index (χ3n) is 2.91. The third-order valence-corrected chi connectivity index (χ3v) is 2.91. The Hall–Kier alpha value is -1.55. The molecule has 106 valence electrons. The first-order chi connectivity index (χ1) is 8.98. The summed E-state index contributed by atoms with van der Waals surface area (Å²) < 4.78 is 5.17. The van der Waals surface area contributed by atoms with Crippen molar-refractivity contribution >= 4 is 12.0 Å². The molecule has 0 aliphatic heterocycles. The van der Waals surface area contributed by atoms with Gasteiger partial charge in [0.15, 0.2) is 0 Å². The third kappa shape index (κ3) is 5.30. The molecule has 0 spiro atoms. The second-order valence-corrected chi connectivity index (χ2v) is 5.48. The van der Waals surface area contributed by atoms with E-state index in [1.807, 2.05) is 11.0 Å². The molecule has 0 aromatic carbocycles. The molecule has 0 unspecified atom stereocenters. The number of carbonyl (C=O) groups excluding carboxylic acids is 1. The van der Waals surface area contributed by atoms with Crippen molar-refractivity contribution in [2.75, 3.05) is 19.6 Å². The van der Waals surface area contributed by atoms with Crippen LogP contribution in [0.4, 0.5) is 0 Å². The molecule has 0 aliphatic rings. The van der Waals surface area contributed by atoms with E-state index in [9.17, 15) is 4.79 Å². The lowest BCUT2D eigenvalue weighted by Crippen LogP contribution is -2.41. The van der Waals surface area contributed by atoms with Crippen LogP contribution in [0.3, 0.4) is 0 Å². The maximum atomic E-state index is 12.2. The van der Waals surface area contributed by atoms with Crippen molar-refractivity contribution in [2.24, 2.45) is 11.1 Å². The Bertz CT molecular complexity index is 408. The summed E-state index contributed by atoms with van der Waals surface area (Å²) in [4.78, 5) is 14.0. The summed E-state index contributed by atoms with van der Waals surface area (Å²) in [7, 11) is 0. The molecular formula is C15H24N2O2. The minimum absolute atomic E-state index is 0.000208. The van der Waals surface area contributed by atoms with Crippen molar-refractivity contribution < 1.29 is 9.21 Å². The normalized spacial score (nSPS) is 12.0. The smallest absolute Gasteiger partial charge is 0.246 e. The van der Waals surface area contributed by atoms with Crippen LogP contribution in [0, 0.1) is 5.41 Å². The van der Waals surface area contributed by atoms with E-state index in [-0.39, 0.29) is 11.3 Å². The van der Waals surface area contributed by atoms with Crippen molar-refractivity contribution in [1.29, 1.82) is 0 Å². The van der Waals surface area contributed by atoms with E-state index in [2.05, 4.69) is 20.8 Å². The van der Waals surface area contributed by atoms with Gasteiger partial charge in [0.1, 0.15) is 5.76 Å². The molecule has 1 amide bonds. The van der Waals surface area contributed by atoms with E-state index >= 15 is 0 Å². The molecule has 1 heterocycles. The topological polar surface area (TPSA) is 59.5 Å². The largest absolute Gasteiger partial charge is 0.465 e. The van der Waals surface area contributed by atoms with E-state index in [0.717, 1.165) is 13.0 Å². The van der Waals surface area contributed by atoms with Gasteiger partial charge in [-0.1, -0.05) is 20.8 Å². The van der Waals surface area contributed by atoms with Crippen LogP contribution in [-0.4, -0.2) is 30.4 Å². The van der Waals surface area contributed by atoms with E-state index in [1.54, 1.807) is 24.5 Å². The first-order valence-corrected chi connectivity index (χ1v) is 6.69. The van der Waals surface area contributed by atoms with Crippen LogP contribution in [0.5, 0.6) is 0 Å². The molecule has 0 saturated heterocycles. The van der Waals surface area contributed by atoms with Crippen LogP contribution in [-0.2, 0) is 4.79 Å². The van der Waals surface area contributed by atoms with E-state index < -0.39 is 0 Å². The molecule has 1 aromatic heterocycles. The summed E-state index contributed by atoms with van der Waals surface area (Å²) >= 11 is 0. The summed E-state index contributed by atoms with van der Waals surface area (Å²) in [5, 5.41) is 0. The Balaban J connectivity index is 2.67. The van der Waals surface area contributed by atoms with Gasteiger partial charge >= 0.3 is 0 Å². The number of nitrogens with zero attached hydrogens (tertiary/aromatic N) is 1. The van der Waals surface area contributed by atoms with Gasteiger partial charge in [0.05, 0.1) is 6.26 Å². The minimum Gasteiger partial charge on any atom is -0.465 e. The fourth-order valence-corrected chi connectivity index (χ4v) is 1.76. The minimum atomic E-state index is -0.0661. The monoisotopic (exact) mass is 264 g/mol. The molecule has 4 heteroatoms. The van der Waals surface area contributed by atoms with Crippen molar-refractivity contribution in [1.82, 2.24) is 4.90 Å². The van der Waals surface area contributed by atoms with Crippen molar-refractivity contribution in [3.63, 3.8) is 0 Å². The summed E-state index contributed by atoms with van der Waals surface area (Å²) in [5.74, 6) is 0.683. The molecule has 0 fully saturated rings. The second kappa shape index (κ2) is 7.14. The lowest BCUT2D eigenvalue weighted by Gasteiger charge is -2.31. The van der Waals surface area contributed by atoms with Crippen LogP contribution >= 0.6 is 0 Å². The zero-order valence-electron chi connectivity index (χ0n) is 12.1. The predicted molar refractivity (Wildman–Crippen MR) is 77.4 cm³/mol. The van der Waals surface area contributed by atoms with Gasteiger partial charge in [-0.05, 0) is 36.6 Å². The molecule has 0 saturated carbocycles. The van der Waals surface area contributed by atoms with Crippen molar-refractivity contribution in [2.45, 2.75) is 27.2 Å². The molecule has 2 N–H and O–H groups in total. The highest BCUT2D eigenvalue weighted by atomic mass is 16.3. The van der Waals surface area contributed by atoms with Gasteiger partial charge in [0.25, 0.3) is 0 Å². The number of nitrogens with two attached hydrogens (primary N) is 1. The maximum Gasteiger partial charge on any atom is 0.246 e. The highest BCUT2D eigenvalue weighted by Gasteiger charge is 2.22. The SMILES string of the molecule is CCCN(CC(C)(C)CN)C(=O)C=Cc1ccco1. The molecule has 0 atom stereocenters. The fourth-order valence-electron chi connectivity index (χ4n) is 1.76. The molecule has 0 bridgehead atoms. The van der Waals surface area contributed by atoms with Crippen molar-refractivity contribution in [3.05, 3.63) is 30.2 Å². The highest BCUT2D eigenvalue weighted by Crippen LogP contribution is 2.15. The Kier molecular flexibility index (Phi) is 5.83. The number of hydrogen-bond donors (Lipinski definition) is 1. The summed E-state index contributed by atoms with van der Waals surface area (Å²) in [6.07, 6.45) is 5.77. The molecule has 19 heavy (non-hydrogen) atoms. The zero-order chi connectivity index (χ0) is 14.3. The van der Waals surface area contributed by atoms with E-state index in [0.29, 0.717) is 18.8 Å². The van der Waals surface area contributed by atoms with Crippen molar-refractivity contribution in [3.8, 4) is 0 Å². The van der Waals surface area contributed by atoms with Gasteiger partial charge in [-0.2, -0.15) is 0 Å². The number of rotatable bonds is 7. The number of amides is 1. The average Bonchev–Trinajstić information content (AvgIpc) is 2.88. The fraction of sp³-hybridized carbons (Fsp3) is 0.533. The molecular weight excluding hydrogens is 240 g/mol. The Morgan fingerprint density at radius 2 is 2.26 bits per heavy atom. The van der Waals surface area contributed by atoms with Crippen LogP contribution in [0.2, 0.25) is 0 Å². The van der Waals surface area contributed by atoms with Crippen LogP contribution in [0.25, 0.3) is 6.08 Å². The second-order valence-electron chi connectivity index (χ2n) is 5.48. The van der Waals surface area contributed by atoms with E-state index in [1.165, 1.54) is 0 Å². The lowest BCUT2D eigenvalue weighted by molar-refractivity contribution is -0.127. The summed E-state index contributed by atoms with van der Waals surface area (Å²) in [5.41, 5.74) is 5.66. The summed E-state index contributed by atoms with van der Waals surface area (Å²) in [6, 6.07) is 3.61. The van der Waals surface area contributed by atoms with Crippen LogP contribution in [0.1, 0.15) is 33.0 Å². The van der Waals surface area contributed by atoms with Gasteiger partial charge in [0.2, 0.25) is 5.91 Å².